The first kappa shape index (κ1) is 13.1. The molecule has 1 N–H and O–H groups in total. The van der Waals surface area contributed by atoms with Gasteiger partial charge in [0.25, 0.3) is 0 Å². The van der Waals surface area contributed by atoms with Crippen LogP contribution in [0, 0.1) is 12.3 Å². The van der Waals surface area contributed by atoms with E-state index in [1.165, 1.54) is 17.7 Å². The number of aryl methyl sites for hydroxylation is 1. The molecule has 1 nitrogen and oxygen atoms in total. The molecule has 1 aromatic rings. The van der Waals surface area contributed by atoms with E-state index in [0.717, 1.165) is 16.5 Å². The van der Waals surface area contributed by atoms with Crippen LogP contribution in [0.4, 0.5) is 5.69 Å². The number of nitrogens with one attached hydrogen (secondary N) is 1. The highest BCUT2D eigenvalue weighted by Crippen LogP contribution is 2.37. The highest BCUT2D eigenvalue weighted by Gasteiger charge is 2.32. The summed E-state index contributed by atoms with van der Waals surface area (Å²) in [6.07, 6.45) is 1.26. The maximum absolute atomic E-state index is 6.24. The van der Waals surface area contributed by atoms with Crippen LogP contribution in [0.15, 0.2) is 18.2 Å². The minimum atomic E-state index is 0.346. The molecule has 0 saturated carbocycles. The van der Waals surface area contributed by atoms with Gasteiger partial charge in [0.15, 0.2) is 0 Å². The van der Waals surface area contributed by atoms with Crippen LogP contribution in [0.2, 0.25) is 5.02 Å². The zero-order chi connectivity index (χ0) is 12.5. The Balaban J connectivity index is 2.16. The molecule has 0 bridgehead atoms. The highest BCUT2D eigenvalue weighted by atomic mass is 35.5. The van der Waals surface area contributed by atoms with Crippen LogP contribution in [0.5, 0.6) is 0 Å². The molecule has 1 fully saturated rings. The number of hydrogen-bond acceptors (Lipinski definition) is 2. The molecule has 1 aliphatic rings. The molecule has 1 heterocycles. The number of thioether (sulfide) groups is 1. The van der Waals surface area contributed by atoms with Crippen LogP contribution in [-0.4, -0.2) is 17.5 Å². The molecule has 1 atom stereocenters. The van der Waals surface area contributed by atoms with E-state index in [1.807, 2.05) is 23.9 Å². The predicted octanol–water partition coefficient (Wildman–Crippen LogP) is 4.59. The standard InChI is InChI=1S/C14H20ClNS/c1-10-4-5-11(15)12(8-10)16-13-9-17-7-6-14(13,2)3/h4-5,8,13,16H,6-7,9H2,1-3H3. The largest absolute Gasteiger partial charge is 0.380 e. The van der Waals surface area contributed by atoms with E-state index in [1.54, 1.807) is 0 Å². The topological polar surface area (TPSA) is 12.0 Å². The molecule has 1 saturated heterocycles. The van der Waals surface area contributed by atoms with Gasteiger partial charge in [-0.1, -0.05) is 31.5 Å². The number of rotatable bonds is 2. The van der Waals surface area contributed by atoms with Crippen molar-refractivity contribution in [1.29, 1.82) is 0 Å². The van der Waals surface area contributed by atoms with Gasteiger partial charge in [0.1, 0.15) is 0 Å². The van der Waals surface area contributed by atoms with Gasteiger partial charge in [0, 0.05) is 11.8 Å². The third-order valence-electron chi connectivity index (χ3n) is 3.57. The number of benzene rings is 1. The summed E-state index contributed by atoms with van der Waals surface area (Å²) in [6, 6.07) is 6.66. The SMILES string of the molecule is Cc1ccc(Cl)c(NC2CSCCC2(C)C)c1. The fourth-order valence-corrected chi connectivity index (χ4v) is 3.89. The molecular formula is C14H20ClNS. The molecule has 0 amide bonds. The molecular weight excluding hydrogens is 250 g/mol. The number of hydrogen-bond donors (Lipinski definition) is 1. The summed E-state index contributed by atoms with van der Waals surface area (Å²) in [7, 11) is 0. The van der Waals surface area contributed by atoms with Gasteiger partial charge in [-0.2, -0.15) is 11.8 Å². The summed E-state index contributed by atoms with van der Waals surface area (Å²) in [4.78, 5) is 0. The van der Waals surface area contributed by atoms with Gasteiger partial charge in [0.05, 0.1) is 10.7 Å². The Morgan fingerprint density at radius 3 is 2.88 bits per heavy atom. The van der Waals surface area contributed by atoms with Crippen molar-refractivity contribution in [1.82, 2.24) is 0 Å². The maximum Gasteiger partial charge on any atom is 0.0637 e. The molecule has 94 valence electrons. The Kier molecular flexibility index (Phi) is 3.94. The fraction of sp³-hybridized carbons (Fsp3) is 0.571. The molecule has 0 spiro atoms. The smallest absolute Gasteiger partial charge is 0.0637 e. The Morgan fingerprint density at radius 2 is 2.18 bits per heavy atom. The summed E-state index contributed by atoms with van der Waals surface area (Å²) in [5.41, 5.74) is 2.67. The van der Waals surface area contributed by atoms with Crippen molar-refractivity contribution in [3.8, 4) is 0 Å². The number of halogens is 1. The van der Waals surface area contributed by atoms with Gasteiger partial charge >= 0.3 is 0 Å². The minimum Gasteiger partial charge on any atom is -0.380 e. The zero-order valence-corrected chi connectivity index (χ0v) is 12.3. The van der Waals surface area contributed by atoms with Gasteiger partial charge in [-0.25, -0.2) is 0 Å². The molecule has 1 aromatic carbocycles. The molecule has 3 heteroatoms. The van der Waals surface area contributed by atoms with Crippen molar-refractivity contribution in [2.45, 2.75) is 33.2 Å². The summed E-state index contributed by atoms with van der Waals surface area (Å²) in [6.45, 7) is 6.78. The van der Waals surface area contributed by atoms with Gasteiger partial charge in [-0.3, -0.25) is 0 Å². The monoisotopic (exact) mass is 269 g/mol. The highest BCUT2D eigenvalue weighted by molar-refractivity contribution is 7.99. The van der Waals surface area contributed by atoms with Crippen molar-refractivity contribution in [3.05, 3.63) is 28.8 Å². The van der Waals surface area contributed by atoms with Crippen LogP contribution in [-0.2, 0) is 0 Å². The predicted molar refractivity (Wildman–Crippen MR) is 79.3 cm³/mol. The first-order valence-corrected chi connectivity index (χ1v) is 7.63. The van der Waals surface area contributed by atoms with Crippen molar-refractivity contribution < 1.29 is 0 Å². The Morgan fingerprint density at radius 1 is 1.41 bits per heavy atom. The van der Waals surface area contributed by atoms with Gasteiger partial charge in [-0.05, 0) is 42.2 Å². The second-order valence-electron chi connectivity index (χ2n) is 5.49. The molecule has 17 heavy (non-hydrogen) atoms. The maximum atomic E-state index is 6.24. The zero-order valence-electron chi connectivity index (χ0n) is 10.7. The summed E-state index contributed by atoms with van der Waals surface area (Å²) >= 11 is 8.27. The minimum absolute atomic E-state index is 0.346. The first-order valence-electron chi connectivity index (χ1n) is 6.09. The van der Waals surface area contributed by atoms with Crippen molar-refractivity contribution >= 4 is 29.1 Å². The Labute approximate surface area is 113 Å². The van der Waals surface area contributed by atoms with E-state index in [2.05, 4.69) is 32.2 Å². The average molecular weight is 270 g/mol. The normalized spacial score (nSPS) is 23.4. The third kappa shape index (κ3) is 3.11. The average Bonchev–Trinajstić information content (AvgIpc) is 2.26. The van der Waals surface area contributed by atoms with E-state index in [-0.39, 0.29) is 0 Å². The van der Waals surface area contributed by atoms with Crippen LogP contribution in [0.25, 0.3) is 0 Å². The van der Waals surface area contributed by atoms with E-state index < -0.39 is 0 Å². The van der Waals surface area contributed by atoms with Gasteiger partial charge in [0.2, 0.25) is 0 Å². The second-order valence-corrected chi connectivity index (χ2v) is 7.05. The quantitative estimate of drug-likeness (QED) is 0.843. The summed E-state index contributed by atoms with van der Waals surface area (Å²) in [5, 5.41) is 4.45. The molecule has 0 aromatic heterocycles. The molecule has 1 unspecified atom stereocenters. The lowest BCUT2D eigenvalue weighted by Crippen LogP contribution is -2.41. The van der Waals surface area contributed by atoms with E-state index in [9.17, 15) is 0 Å². The lowest BCUT2D eigenvalue weighted by atomic mass is 9.82. The summed E-state index contributed by atoms with van der Waals surface area (Å²) < 4.78 is 0. The Bertz CT molecular complexity index is 403. The van der Waals surface area contributed by atoms with E-state index in [4.69, 9.17) is 11.6 Å². The van der Waals surface area contributed by atoms with E-state index in [0.29, 0.717) is 11.5 Å². The lowest BCUT2D eigenvalue weighted by Gasteiger charge is -2.39. The van der Waals surface area contributed by atoms with Crippen LogP contribution in [0.3, 0.4) is 0 Å². The molecule has 0 radical (unpaired) electrons. The molecule has 1 aliphatic heterocycles. The van der Waals surface area contributed by atoms with Crippen LogP contribution in [0.1, 0.15) is 25.8 Å². The van der Waals surface area contributed by atoms with Gasteiger partial charge in [-0.15, -0.1) is 0 Å². The molecule has 2 rings (SSSR count). The lowest BCUT2D eigenvalue weighted by molar-refractivity contribution is 0.305. The second kappa shape index (κ2) is 5.11. The Hall–Kier alpha value is -0.340. The van der Waals surface area contributed by atoms with Crippen LogP contribution < -0.4 is 5.32 Å². The van der Waals surface area contributed by atoms with E-state index >= 15 is 0 Å². The van der Waals surface area contributed by atoms with Gasteiger partial charge < -0.3 is 5.32 Å². The fourth-order valence-electron chi connectivity index (χ4n) is 2.11. The van der Waals surface area contributed by atoms with Crippen molar-refractivity contribution in [2.24, 2.45) is 5.41 Å². The number of anilines is 1. The summed E-state index contributed by atoms with van der Waals surface area (Å²) in [5.74, 6) is 2.43. The first-order chi connectivity index (χ1) is 7.99. The molecule has 0 aliphatic carbocycles. The van der Waals surface area contributed by atoms with Crippen molar-refractivity contribution in [3.63, 3.8) is 0 Å². The third-order valence-corrected chi connectivity index (χ3v) is 4.96. The van der Waals surface area contributed by atoms with Crippen molar-refractivity contribution in [2.75, 3.05) is 16.8 Å². The van der Waals surface area contributed by atoms with Crippen LogP contribution >= 0.6 is 23.4 Å².